The van der Waals surface area contributed by atoms with E-state index < -0.39 is 0 Å². The van der Waals surface area contributed by atoms with E-state index in [0.717, 1.165) is 6.42 Å². The van der Waals surface area contributed by atoms with Gasteiger partial charge in [0.2, 0.25) is 0 Å². The number of hydrogen-bond acceptors (Lipinski definition) is 1. The Kier molecular flexibility index (Phi) is 2.43. The third-order valence-electron chi connectivity index (χ3n) is 1.59. The zero-order chi connectivity index (χ0) is 7.40. The Morgan fingerprint density at radius 2 is 2.50 bits per heavy atom. The first-order valence-electron chi connectivity index (χ1n) is 3.75. The summed E-state index contributed by atoms with van der Waals surface area (Å²) >= 11 is 0. The molecule has 10 heavy (non-hydrogen) atoms. The van der Waals surface area contributed by atoms with Crippen LogP contribution in [0.2, 0.25) is 0 Å². The Hall–Kier alpha value is -0.850. The molecule has 1 unspecified atom stereocenters. The first-order chi connectivity index (χ1) is 4.84. The Balaban J connectivity index is 2.70. The van der Waals surface area contributed by atoms with Crippen LogP contribution in [0.3, 0.4) is 0 Å². The van der Waals surface area contributed by atoms with Crippen LogP contribution in [-0.4, -0.2) is 6.21 Å². The summed E-state index contributed by atoms with van der Waals surface area (Å²) in [5.41, 5.74) is 1.20. The highest BCUT2D eigenvalue weighted by Gasteiger charge is 2.03. The number of rotatable bonds is 1. The summed E-state index contributed by atoms with van der Waals surface area (Å²) in [6.45, 7) is 4.29. The van der Waals surface area contributed by atoms with Crippen molar-refractivity contribution < 1.29 is 0 Å². The lowest BCUT2D eigenvalue weighted by molar-refractivity contribution is 0.832. The quantitative estimate of drug-likeness (QED) is 0.524. The summed E-state index contributed by atoms with van der Waals surface area (Å²) < 4.78 is 0. The highest BCUT2D eigenvalue weighted by atomic mass is 14.7. The van der Waals surface area contributed by atoms with Gasteiger partial charge in [-0.3, -0.25) is 4.99 Å². The van der Waals surface area contributed by atoms with Crippen molar-refractivity contribution in [2.24, 2.45) is 10.9 Å². The fourth-order valence-electron chi connectivity index (χ4n) is 1.01. The standard InChI is InChI=1S/C9H13N/c1-3-5-9-8(2)6-4-7-10-9/h4-8H,3H2,1-2H3/b9-5+. The Labute approximate surface area is 62.2 Å². The molecule has 54 valence electrons. The Morgan fingerprint density at radius 3 is 3.10 bits per heavy atom. The van der Waals surface area contributed by atoms with E-state index >= 15 is 0 Å². The van der Waals surface area contributed by atoms with Gasteiger partial charge in [0.15, 0.2) is 0 Å². The van der Waals surface area contributed by atoms with E-state index in [4.69, 9.17) is 0 Å². The van der Waals surface area contributed by atoms with Crippen LogP contribution in [0.4, 0.5) is 0 Å². The predicted octanol–water partition coefficient (Wildman–Crippen LogP) is 2.56. The minimum absolute atomic E-state index is 0.505. The molecule has 0 spiro atoms. The van der Waals surface area contributed by atoms with Crippen molar-refractivity contribution in [1.82, 2.24) is 0 Å². The lowest BCUT2D eigenvalue weighted by atomic mass is 10.1. The summed E-state index contributed by atoms with van der Waals surface area (Å²) in [5.74, 6) is 0.505. The molecule has 0 aliphatic carbocycles. The number of hydrogen-bond donors (Lipinski definition) is 0. The maximum Gasteiger partial charge on any atom is 0.0429 e. The fourth-order valence-corrected chi connectivity index (χ4v) is 1.01. The summed E-state index contributed by atoms with van der Waals surface area (Å²) in [6.07, 6.45) is 9.25. The molecule has 0 N–H and O–H groups in total. The molecule has 1 nitrogen and oxygen atoms in total. The molecule has 1 aliphatic rings. The van der Waals surface area contributed by atoms with E-state index in [1.54, 1.807) is 0 Å². The van der Waals surface area contributed by atoms with Gasteiger partial charge >= 0.3 is 0 Å². The van der Waals surface area contributed by atoms with Crippen LogP contribution in [0.25, 0.3) is 0 Å². The van der Waals surface area contributed by atoms with Gasteiger partial charge in [0.25, 0.3) is 0 Å². The SMILES string of the molecule is CC/C=C1/N=CC=CC1C. The highest BCUT2D eigenvalue weighted by molar-refractivity contribution is 5.73. The van der Waals surface area contributed by atoms with E-state index in [1.165, 1.54) is 5.70 Å². The molecule has 0 aromatic carbocycles. The van der Waals surface area contributed by atoms with Gasteiger partial charge in [-0.1, -0.05) is 26.0 Å². The predicted molar refractivity (Wildman–Crippen MR) is 45.2 cm³/mol. The molecule has 1 rings (SSSR count). The summed E-state index contributed by atoms with van der Waals surface area (Å²) in [4.78, 5) is 4.25. The third kappa shape index (κ3) is 1.56. The molecule has 0 saturated heterocycles. The minimum atomic E-state index is 0.505. The number of dihydropyridines is 1. The molecule has 0 fully saturated rings. The second kappa shape index (κ2) is 3.35. The molecular formula is C9H13N. The Bertz CT molecular complexity index is 187. The van der Waals surface area contributed by atoms with Crippen LogP contribution in [-0.2, 0) is 0 Å². The molecule has 1 aliphatic heterocycles. The molecule has 1 atom stereocenters. The van der Waals surface area contributed by atoms with Crippen molar-refractivity contribution in [2.45, 2.75) is 20.3 Å². The van der Waals surface area contributed by atoms with Gasteiger partial charge < -0.3 is 0 Å². The molecule has 0 saturated carbocycles. The smallest absolute Gasteiger partial charge is 0.0429 e. The zero-order valence-electron chi connectivity index (χ0n) is 6.54. The molecule has 0 aromatic rings. The number of allylic oxidation sites excluding steroid dienone is 3. The first-order valence-corrected chi connectivity index (χ1v) is 3.75. The van der Waals surface area contributed by atoms with Gasteiger partial charge in [0, 0.05) is 17.8 Å². The molecule has 1 heteroatoms. The van der Waals surface area contributed by atoms with Crippen LogP contribution < -0.4 is 0 Å². The van der Waals surface area contributed by atoms with Crippen molar-refractivity contribution in [2.75, 3.05) is 0 Å². The topological polar surface area (TPSA) is 12.4 Å². The number of aliphatic imine (C=N–C) groups is 1. The van der Waals surface area contributed by atoms with Crippen LogP contribution in [0, 0.1) is 5.92 Å². The largest absolute Gasteiger partial charge is 0.261 e. The van der Waals surface area contributed by atoms with Crippen molar-refractivity contribution >= 4 is 6.21 Å². The van der Waals surface area contributed by atoms with Gasteiger partial charge in [-0.15, -0.1) is 0 Å². The normalized spacial score (nSPS) is 27.8. The minimum Gasteiger partial charge on any atom is -0.261 e. The van der Waals surface area contributed by atoms with Gasteiger partial charge in [0.1, 0.15) is 0 Å². The lowest BCUT2D eigenvalue weighted by Gasteiger charge is -2.09. The highest BCUT2D eigenvalue weighted by Crippen LogP contribution is 2.16. The summed E-state index contributed by atoms with van der Waals surface area (Å²) in [7, 11) is 0. The fraction of sp³-hybridized carbons (Fsp3) is 0.444. The van der Waals surface area contributed by atoms with Gasteiger partial charge in [-0.25, -0.2) is 0 Å². The average molecular weight is 135 g/mol. The van der Waals surface area contributed by atoms with Crippen LogP contribution in [0.1, 0.15) is 20.3 Å². The molecule has 1 heterocycles. The van der Waals surface area contributed by atoms with Crippen molar-refractivity contribution in [1.29, 1.82) is 0 Å². The van der Waals surface area contributed by atoms with Crippen LogP contribution in [0.5, 0.6) is 0 Å². The van der Waals surface area contributed by atoms with E-state index in [0.29, 0.717) is 5.92 Å². The van der Waals surface area contributed by atoms with Crippen molar-refractivity contribution in [3.8, 4) is 0 Å². The Morgan fingerprint density at radius 1 is 1.70 bits per heavy atom. The monoisotopic (exact) mass is 135 g/mol. The number of nitrogens with zero attached hydrogens (tertiary/aromatic N) is 1. The maximum absolute atomic E-state index is 4.25. The van der Waals surface area contributed by atoms with Gasteiger partial charge in [-0.05, 0) is 12.5 Å². The van der Waals surface area contributed by atoms with Crippen LogP contribution >= 0.6 is 0 Å². The van der Waals surface area contributed by atoms with E-state index in [9.17, 15) is 0 Å². The van der Waals surface area contributed by atoms with E-state index in [-0.39, 0.29) is 0 Å². The molecular weight excluding hydrogens is 122 g/mol. The van der Waals surface area contributed by atoms with Crippen LogP contribution in [0.15, 0.2) is 28.9 Å². The second-order valence-electron chi connectivity index (χ2n) is 2.49. The van der Waals surface area contributed by atoms with Gasteiger partial charge in [-0.2, -0.15) is 0 Å². The first kappa shape index (κ1) is 7.26. The second-order valence-corrected chi connectivity index (χ2v) is 2.49. The van der Waals surface area contributed by atoms with Crippen molar-refractivity contribution in [3.05, 3.63) is 23.9 Å². The third-order valence-corrected chi connectivity index (χ3v) is 1.59. The van der Waals surface area contributed by atoms with Crippen molar-refractivity contribution in [3.63, 3.8) is 0 Å². The van der Waals surface area contributed by atoms with E-state index in [1.807, 2.05) is 12.3 Å². The summed E-state index contributed by atoms with van der Waals surface area (Å²) in [5, 5.41) is 0. The zero-order valence-corrected chi connectivity index (χ0v) is 6.54. The lowest BCUT2D eigenvalue weighted by Crippen LogP contribution is -1.97. The van der Waals surface area contributed by atoms with E-state index in [2.05, 4.69) is 31.0 Å². The average Bonchev–Trinajstić information content (AvgIpc) is 1.94. The maximum atomic E-state index is 4.25. The molecule has 0 aromatic heterocycles. The molecule has 0 amide bonds. The molecule has 0 radical (unpaired) electrons. The summed E-state index contributed by atoms with van der Waals surface area (Å²) in [6, 6.07) is 0. The molecule has 0 bridgehead atoms. The van der Waals surface area contributed by atoms with Gasteiger partial charge in [0.05, 0.1) is 0 Å².